The lowest BCUT2D eigenvalue weighted by Gasteiger charge is -2.31. The van der Waals surface area contributed by atoms with E-state index >= 15 is 0 Å². The molecule has 2 aliphatic rings. The van der Waals surface area contributed by atoms with E-state index in [0.717, 1.165) is 55.5 Å². The van der Waals surface area contributed by atoms with Gasteiger partial charge in [0.05, 0.1) is 6.04 Å². The van der Waals surface area contributed by atoms with Crippen LogP contribution in [0.2, 0.25) is 0 Å². The fourth-order valence-corrected chi connectivity index (χ4v) is 3.76. The first kappa shape index (κ1) is 19.9. The van der Waals surface area contributed by atoms with E-state index < -0.39 is 0 Å². The number of carbonyl (C=O) groups is 1. The standard InChI is InChI=1S/C22H34N4O/c1-3-13-26(15-17-11-12-17)22(25-21-10-5-4-9-20(21)23)24-19-8-6-7-18(14-19)16(2)27/h6-8,14,17,20-21H,3-5,9-13,15,23H2,1-2H3,(H,24,25)/t20-,21-/m0/s1. The van der Waals surface area contributed by atoms with Gasteiger partial charge in [-0.3, -0.25) is 4.79 Å². The van der Waals surface area contributed by atoms with Gasteiger partial charge in [-0.2, -0.15) is 0 Å². The van der Waals surface area contributed by atoms with Gasteiger partial charge >= 0.3 is 0 Å². The Hall–Kier alpha value is -1.88. The topological polar surface area (TPSA) is 70.7 Å². The van der Waals surface area contributed by atoms with Gasteiger partial charge < -0.3 is 16.0 Å². The van der Waals surface area contributed by atoms with Crippen LogP contribution in [0.5, 0.6) is 0 Å². The van der Waals surface area contributed by atoms with E-state index in [-0.39, 0.29) is 17.9 Å². The quantitative estimate of drug-likeness (QED) is 0.431. The van der Waals surface area contributed by atoms with Gasteiger partial charge in [0, 0.05) is 30.4 Å². The molecule has 3 N–H and O–H groups in total. The first-order valence-corrected chi connectivity index (χ1v) is 10.5. The van der Waals surface area contributed by atoms with E-state index in [2.05, 4.69) is 17.1 Å². The van der Waals surface area contributed by atoms with Crippen LogP contribution in [0, 0.1) is 5.92 Å². The second-order valence-corrected chi connectivity index (χ2v) is 8.12. The molecule has 0 radical (unpaired) electrons. The minimum Gasteiger partial charge on any atom is -0.342 e. The summed E-state index contributed by atoms with van der Waals surface area (Å²) in [5, 5.41) is 3.53. The number of hydrogen-bond acceptors (Lipinski definition) is 3. The molecule has 3 rings (SSSR count). The molecule has 5 nitrogen and oxygen atoms in total. The van der Waals surface area contributed by atoms with Crippen LogP contribution in [0.25, 0.3) is 0 Å². The molecule has 2 saturated carbocycles. The highest BCUT2D eigenvalue weighted by Gasteiger charge is 2.27. The van der Waals surface area contributed by atoms with E-state index in [9.17, 15) is 4.79 Å². The van der Waals surface area contributed by atoms with Crippen LogP contribution in [-0.2, 0) is 0 Å². The number of nitrogens with one attached hydrogen (secondary N) is 1. The first-order chi connectivity index (χ1) is 13.1. The molecule has 2 aliphatic carbocycles. The number of rotatable bonds is 7. The number of hydrogen-bond donors (Lipinski definition) is 2. The number of benzene rings is 1. The van der Waals surface area contributed by atoms with Crippen molar-refractivity contribution in [1.82, 2.24) is 4.90 Å². The van der Waals surface area contributed by atoms with Gasteiger partial charge in [-0.25, -0.2) is 4.99 Å². The lowest BCUT2D eigenvalue weighted by Crippen LogP contribution is -2.43. The van der Waals surface area contributed by atoms with Gasteiger partial charge in [-0.05, 0) is 57.1 Å². The van der Waals surface area contributed by atoms with Crippen molar-refractivity contribution in [1.29, 1.82) is 0 Å². The molecule has 2 atom stereocenters. The van der Waals surface area contributed by atoms with E-state index in [0.29, 0.717) is 0 Å². The van der Waals surface area contributed by atoms with E-state index in [4.69, 9.17) is 10.7 Å². The van der Waals surface area contributed by atoms with Crippen LogP contribution in [0.1, 0.15) is 69.2 Å². The number of aliphatic imine (C=N–C) groups is 1. The molecule has 0 amide bonds. The zero-order chi connectivity index (χ0) is 19.2. The Morgan fingerprint density at radius 2 is 2.04 bits per heavy atom. The molecule has 2 fully saturated rings. The third kappa shape index (κ3) is 5.80. The fraction of sp³-hybridized carbons (Fsp3) is 0.636. The molecule has 0 heterocycles. The SMILES string of the molecule is CCCN(CC1CC1)C(=N[C@H]1CCCC[C@@H]1N)Nc1cccc(C(C)=O)c1. The minimum absolute atomic E-state index is 0.0786. The molecule has 0 bridgehead atoms. The summed E-state index contributed by atoms with van der Waals surface area (Å²) in [5.74, 6) is 1.79. The number of guanidine groups is 1. The van der Waals surface area contributed by atoms with Crippen molar-refractivity contribution in [2.24, 2.45) is 16.6 Å². The van der Waals surface area contributed by atoms with Crippen molar-refractivity contribution in [2.75, 3.05) is 18.4 Å². The van der Waals surface area contributed by atoms with Crippen LogP contribution in [0.3, 0.4) is 0 Å². The number of carbonyl (C=O) groups excluding carboxylic acids is 1. The number of anilines is 1. The Morgan fingerprint density at radius 1 is 1.26 bits per heavy atom. The minimum atomic E-state index is 0.0786. The zero-order valence-electron chi connectivity index (χ0n) is 16.8. The largest absolute Gasteiger partial charge is 0.342 e. The average Bonchev–Trinajstić information content (AvgIpc) is 3.47. The Labute approximate surface area is 163 Å². The summed E-state index contributed by atoms with van der Waals surface area (Å²) in [5.41, 5.74) is 8.01. The molecule has 0 aromatic heterocycles. The molecule has 5 heteroatoms. The highest BCUT2D eigenvalue weighted by Crippen LogP contribution is 2.30. The average molecular weight is 371 g/mol. The van der Waals surface area contributed by atoms with Crippen molar-refractivity contribution in [2.45, 2.75) is 70.9 Å². The van der Waals surface area contributed by atoms with Gasteiger partial charge in [-0.1, -0.05) is 31.9 Å². The van der Waals surface area contributed by atoms with Gasteiger partial charge in [0.2, 0.25) is 0 Å². The van der Waals surface area contributed by atoms with Gasteiger partial charge in [0.1, 0.15) is 0 Å². The molecule has 0 saturated heterocycles. The summed E-state index contributed by atoms with van der Waals surface area (Å²) in [6.45, 7) is 5.84. The summed E-state index contributed by atoms with van der Waals surface area (Å²) in [4.78, 5) is 19.2. The van der Waals surface area contributed by atoms with Crippen molar-refractivity contribution in [3.05, 3.63) is 29.8 Å². The van der Waals surface area contributed by atoms with Gasteiger partial charge in [0.15, 0.2) is 11.7 Å². The molecule has 0 unspecified atom stereocenters. The summed E-state index contributed by atoms with van der Waals surface area (Å²) >= 11 is 0. The number of nitrogens with zero attached hydrogens (tertiary/aromatic N) is 2. The van der Waals surface area contributed by atoms with Crippen LogP contribution >= 0.6 is 0 Å². The monoisotopic (exact) mass is 370 g/mol. The Kier molecular flexibility index (Phi) is 6.89. The summed E-state index contributed by atoms with van der Waals surface area (Å²) in [6, 6.07) is 8.02. The molecule has 0 spiro atoms. The normalized spacial score (nSPS) is 23.1. The van der Waals surface area contributed by atoms with Crippen molar-refractivity contribution >= 4 is 17.4 Å². The molecule has 27 heavy (non-hydrogen) atoms. The fourth-order valence-electron chi connectivity index (χ4n) is 3.76. The van der Waals surface area contributed by atoms with E-state index in [1.807, 2.05) is 24.3 Å². The van der Waals surface area contributed by atoms with E-state index in [1.165, 1.54) is 25.7 Å². The van der Waals surface area contributed by atoms with Crippen molar-refractivity contribution in [3.8, 4) is 0 Å². The first-order valence-electron chi connectivity index (χ1n) is 10.5. The van der Waals surface area contributed by atoms with Crippen LogP contribution in [0.4, 0.5) is 5.69 Å². The molecule has 1 aromatic carbocycles. The maximum Gasteiger partial charge on any atom is 0.198 e. The lowest BCUT2D eigenvalue weighted by molar-refractivity contribution is 0.101. The molecular weight excluding hydrogens is 336 g/mol. The number of Topliss-reactive ketones (excluding diaryl/α,β-unsaturated/α-hetero) is 1. The predicted octanol–water partition coefficient (Wildman–Crippen LogP) is 4.05. The number of nitrogens with two attached hydrogens (primary N) is 1. The third-order valence-electron chi connectivity index (χ3n) is 5.56. The van der Waals surface area contributed by atoms with Crippen molar-refractivity contribution in [3.63, 3.8) is 0 Å². The lowest BCUT2D eigenvalue weighted by atomic mass is 9.91. The van der Waals surface area contributed by atoms with E-state index in [1.54, 1.807) is 6.92 Å². The second kappa shape index (κ2) is 9.36. The predicted molar refractivity (Wildman–Crippen MR) is 112 cm³/mol. The Bertz CT molecular complexity index is 668. The third-order valence-corrected chi connectivity index (χ3v) is 5.56. The highest BCUT2D eigenvalue weighted by atomic mass is 16.1. The highest BCUT2D eigenvalue weighted by molar-refractivity contribution is 5.98. The molecule has 0 aliphatic heterocycles. The van der Waals surface area contributed by atoms with Crippen molar-refractivity contribution < 1.29 is 4.79 Å². The Morgan fingerprint density at radius 3 is 2.70 bits per heavy atom. The molecule has 148 valence electrons. The van der Waals surface area contributed by atoms with Crippen LogP contribution in [-0.4, -0.2) is 41.8 Å². The van der Waals surface area contributed by atoms with Gasteiger partial charge in [-0.15, -0.1) is 0 Å². The zero-order valence-corrected chi connectivity index (χ0v) is 16.8. The summed E-state index contributed by atoms with van der Waals surface area (Å²) < 4.78 is 0. The van der Waals surface area contributed by atoms with Gasteiger partial charge in [0.25, 0.3) is 0 Å². The van der Waals surface area contributed by atoms with Crippen LogP contribution < -0.4 is 11.1 Å². The molecule has 1 aromatic rings. The molecular formula is C22H34N4O. The maximum absolute atomic E-state index is 11.7. The van der Waals surface area contributed by atoms with Crippen LogP contribution in [0.15, 0.2) is 29.3 Å². The maximum atomic E-state index is 11.7. The summed E-state index contributed by atoms with van der Waals surface area (Å²) in [6.07, 6.45) is 8.23. The smallest absolute Gasteiger partial charge is 0.198 e. The second-order valence-electron chi connectivity index (χ2n) is 8.12. The number of ketones is 1. The summed E-state index contributed by atoms with van der Waals surface area (Å²) in [7, 11) is 0. The Balaban J connectivity index is 1.85.